The van der Waals surface area contributed by atoms with Crippen LogP contribution < -0.4 is 9.47 Å². The first-order chi connectivity index (χ1) is 11.6. The highest BCUT2D eigenvalue weighted by molar-refractivity contribution is 6.55. The maximum atomic E-state index is 6.19. The van der Waals surface area contributed by atoms with Crippen LogP contribution in [-0.4, -0.2) is 13.2 Å². The Labute approximate surface area is 161 Å². The molecule has 0 aliphatic carbocycles. The van der Waals surface area contributed by atoms with Crippen LogP contribution in [0, 0.1) is 0 Å². The minimum absolute atomic E-state index is 0.136. The highest BCUT2D eigenvalue weighted by Crippen LogP contribution is 2.37. The van der Waals surface area contributed by atoms with Gasteiger partial charge in [-0.15, -0.1) is 0 Å². The van der Waals surface area contributed by atoms with Gasteiger partial charge in [0.1, 0.15) is 23.5 Å². The second-order valence-corrected chi connectivity index (χ2v) is 6.47. The molecular weight excluding hydrogens is 390 g/mol. The predicted molar refractivity (Wildman–Crippen MR) is 103 cm³/mol. The zero-order chi connectivity index (χ0) is 17.4. The standard InChI is InChI=1S/C18H14Cl4O2/c19-15-11-14(23-10-8-17(21)22)12-16(20)18(15)24-9-4-7-13-5-2-1-3-6-13/h1-8,11-12H,9-10H2/b7-4+. The summed E-state index contributed by atoms with van der Waals surface area (Å²) in [6, 6.07) is 13.2. The number of hydrogen-bond acceptors (Lipinski definition) is 2. The summed E-state index contributed by atoms with van der Waals surface area (Å²) in [6.07, 6.45) is 5.37. The van der Waals surface area contributed by atoms with Gasteiger partial charge >= 0.3 is 0 Å². The Morgan fingerprint density at radius 3 is 2.21 bits per heavy atom. The first kappa shape index (κ1) is 19.0. The van der Waals surface area contributed by atoms with Gasteiger partial charge in [-0.2, -0.15) is 0 Å². The van der Waals surface area contributed by atoms with Crippen LogP contribution >= 0.6 is 46.4 Å². The average molecular weight is 404 g/mol. The van der Waals surface area contributed by atoms with Gasteiger partial charge in [-0.25, -0.2) is 0 Å². The summed E-state index contributed by atoms with van der Waals surface area (Å²) < 4.78 is 11.2. The highest BCUT2D eigenvalue weighted by atomic mass is 35.5. The topological polar surface area (TPSA) is 18.5 Å². The Kier molecular flexibility index (Phi) is 7.80. The lowest BCUT2D eigenvalue weighted by Crippen LogP contribution is -1.97. The molecule has 0 saturated heterocycles. The molecule has 24 heavy (non-hydrogen) atoms. The molecule has 0 unspecified atom stereocenters. The maximum Gasteiger partial charge on any atom is 0.157 e. The van der Waals surface area contributed by atoms with E-state index in [0.29, 0.717) is 28.2 Å². The van der Waals surface area contributed by atoms with Gasteiger partial charge in [0.15, 0.2) is 5.75 Å². The van der Waals surface area contributed by atoms with Gasteiger partial charge < -0.3 is 9.47 Å². The minimum atomic E-state index is 0.136. The van der Waals surface area contributed by atoms with Gasteiger partial charge in [-0.1, -0.05) is 82.8 Å². The van der Waals surface area contributed by atoms with Crippen molar-refractivity contribution < 1.29 is 9.47 Å². The van der Waals surface area contributed by atoms with Gasteiger partial charge in [0.25, 0.3) is 0 Å². The molecule has 0 atom stereocenters. The third-order valence-corrected chi connectivity index (χ3v) is 3.76. The average Bonchev–Trinajstić information content (AvgIpc) is 2.54. The van der Waals surface area contributed by atoms with Crippen LogP contribution in [0.5, 0.6) is 11.5 Å². The molecule has 0 N–H and O–H groups in total. The van der Waals surface area contributed by atoms with Crippen molar-refractivity contribution in [2.75, 3.05) is 13.2 Å². The molecule has 2 aromatic carbocycles. The summed E-state index contributed by atoms with van der Waals surface area (Å²) in [6.45, 7) is 0.564. The molecule has 0 aromatic heterocycles. The van der Waals surface area contributed by atoms with Crippen molar-refractivity contribution in [1.82, 2.24) is 0 Å². The molecule has 0 fully saturated rings. The van der Waals surface area contributed by atoms with Crippen molar-refractivity contribution in [3.63, 3.8) is 0 Å². The van der Waals surface area contributed by atoms with Crippen LogP contribution in [0.1, 0.15) is 5.56 Å². The number of rotatable bonds is 7. The third kappa shape index (κ3) is 6.29. The third-order valence-electron chi connectivity index (χ3n) is 2.89. The first-order valence-electron chi connectivity index (χ1n) is 7.03. The summed E-state index contributed by atoms with van der Waals surface area (Å²) in [5, 5.41) is 0.734. The van der Waals surface area contributed by atoms with Crippen molar-refractivity contribution in [1.29, 1.82) is 0 Å². The van der Waals surface area contributed by atoms with E-state index in [0.717, 1.165) is 5.56 Å². The lowest BCUT2D eigenvalue weighted by molar-refractivity contribution is 0.353. The number of hydrogen-bond donors (Lipinski definition) is 0. The largest absolute Gasteiger partial charge is 0.489 e. The maximum absolute atomic E-state index is 6.19. The second kappa shape index (κ2) is 9.85. The normalized spacial score (nSPS) is 10.7. The predicted octanol–water partition coefficient (Wildman–Crippen LogP) is 6.78. The molecule has 2 nitrogen and oxygen atoms in total. The molecule has 0 spiro atoms. The van der Waals surface area contributed by atoms with E-state index in [2.05, 4.69) is 0 Å². The van der Waals surface area contributed by atoms with E-state index < -0.39 is 0 Å². The molecule has 6 heteroatoms. The highest BCUT2D eigenvalue weighted by Gasteiger charge is 2.10. The van der Waals surface area contributed by atoms with Gasteiger partial charge in [-0.3, -0.25) is 0 Å². The summed E-state index contributed by atoms with van der Waals surface area (Å²) in [5.41, 5.74) is 1.09. The van der Waals surface area contributed by atoms with E-state index in [4.69, 9.17) is 55.9 Å². The lowest BCUT2D eigenvalue weighted by Gasteiger charge is -2.11. The van der Waals surface area contributed by atoms with Gasteiger partial charge in [0.05, 0.1) is 10.0 Å². The van der Waals surface area contributed by atoms with E-state index >= 15 is 0 Å². The molecule has 2 rings (SSSR count). The van der Waals surface area contributed by atoms with Crippen molar-refractivity contribution in [2.45, 2.75) is 0 Å². The molecule has 2 aromatic rings. The van der Waals surface area contributed by atoms with Gasteiger partial charge in [0.2, 0.25) is 0 Å². The van der Waals surface area contributed by atoms with E-state index in [1.165, 1.54) is 6.08 Å². The monoisotopic (exact) mass is 402 g/mol. The van der Waals surface area contributed by atoms with Crippen LogP contribution in [0.25, 0.3) is 6.08 Å². The zero-order valence-corrected chi connectivity index (χ0v) is 15.5. The van der Waals surface area contributed by atoms with Crippen LogP contribution in [0.15, 0.2) is 59.1 Å². The Morgan fingerprint density at radius 1 is 0.917 bits per heavy atom. The molecule has 0 heterocycles. The molecule has 0 radical (unpaired) electrons. The number of halogens is 4. The molecule has 0 aliphatic heterocycles. The van der Waals surface area contributed by atoms with E-state index in [9.17, 15) is 0 Å². The van der Waals surface area contributed by atoms with Crippen molar-refractivity contribution in [3.05, 3.63) is 74.7 Å². The fourth-order valence-corrected chi connectivity index (χ4v) is 2.54. The molecular formula is C18H14Cl4O2. The summed E-state index contributed by atoms with van der Waals surface area (Å²) in [4.78, 5) is 0. The Bertz CT molecular complexity index is 700. The number of ether oxygens (including phenoxy) is 2. The second-order valence-electron chi connectivity index (χ2n) is 4.64. The minimum Gasteiger partial charge on any atom is -0.489 e. The molecule has 0 amide bonds. The lowest BCUT2D eigenvalue weighted by atomic mass is 10.2. The van der Waals surface area contributed by atoms with Crippen LogP contribution in [-0.2, 0) is 0 Å². The Hall–Kier alpha value is -1.32. The van der Waals surface area contributed by atoms with Crippen LogP contribution in [0.3, 0.4) is 0 Å². The molecule has 0 saturated carbocycles. The summed E-state index contributed by atoms with van der Waals surface area (Å²) >= 11 is 23.4. The SMILES string of the molecule is ClC(Cl)=CCOc1cc(Cl)c(OC/C=C/c2ccccc2)c(Cl)c1. The molecule has 0 bridgehead atoms. The fourth-order valence-electron chi connectivity index (χ4n) is 1.84. The summed E-state index contributed by atoms with van der Waals surface area (Å²) in [5.74, 6) is 0.914. The fraction of sp³-hybridized carbons (Fsp3) is 0.111. The van der Waals surface area contributed by atoms with Crippen molar-refractivity contribution in [3.8, 4) is 11.5 Å². The summed E-state index contributed by atoms with van der Waals surface area (Å²) in [7, 11) is 0. The Morgan fingerprint density at radius 2 is 1.58 bits per heavy atom. The van der Waals surface area contributed by atoms with Gasteiger partial charge in [-0.05, 0) is 17.7 Å². The van der Waals surface area contributed by atoms with E-state index in [-0.39, 0.29) is 11.1 Å². The van der Waals surface area contributed by atoms with Crippen LogP contribution in [0.2, 0.25) is 10.0 Å². The van der Waals surface area contributed by atoms with E-state index in [1.807, 2.05) is 42.5 Å². The molecule has 126 valence electrons. The number of benzene rings is 2. The first-order valence-corrected chi connectivity index (χ1v) is 8.55. The quantitative estimate of drug-likeness (QED) is 0.506. The van der Waals surface area contributed by atoms with Crippen molar-refractivity contribution in [2.24, 2.45) is 0 Å². The van der Waals surface area contributed by atoms with Gasteiger partial charge in [0, 0.05) is 12.1 Å². The van der Waals surface area contributed by atoms with Crippen LogP contribution in [0.4, 0.5) is 0 Å². The van der Waals surface area contributed by atoms with Crippen molar-refractivity contribution >= 4 is 52.5 Å². The smallest absolute Gasteiger partial charge is 0.157 e. The van der Waals surface area contributed by atoms with E-state index in [1.54, 1.807) is 12.1 Å². The molecule has 0 aliphatic rings. The Balaban J connectivity index is 1.95. The zero-order valence-electron chi connectivity index (χ0n) is 12.5.